The van der Waals surface area contributed by atoms with Crippen molar-refractivity contribution >= 4 is 0 Å². The van der Waals surface area contributed by atoms with Crippen molar-refractivity contribution in [3.8, 4) is 11.5 Å². The molecule has 0 aromatic heterocycles. The fourth-order valence-electron chi connectivity index (χ4n) is 3.95. The molecule has 2 aromatic rings. The van der Waals surface area contributed by atoms with Gasteiger partial charge >= 0.3 is 0 Å². The minimum Gasteiger partial charge on any atom is -0.457 e. The minimum absolute atomic E-state index is 0.624. The van der Waals surface area contributed by atoms with Crippen LogP contribution in [0.25, 0.3) is 0 Å². The van der Waals surface area contributed by atoms with Gasteiger partial charge in [0.2, 0.25) is 0 Å². The Morgan fingerprint density at radius 2 is 0.931 bits per heavy atom. The van der Waals surface area contributed by atoms with Gasteiger partial charge in [-0.15, -0.1) is 0 Å². The van der Waals surface area contributed by atoms with Crippen LogP contribution in [0, 0.1) is 0 Å². The number of hydrogen-bond donors (Lipinski definition) is 0. The highest BCUT2D eigenvalue weighted by Crippen LogP contribution is 2.29. The van der Waals surface area contributed by atoms with Crippen molar-refractivity contribution in [3.63, 3.8) is 0 Å². The summed E-state index contributed by atoms with van der Waals surface area (Å²) in [6.45, 7) is 9.21. The third-order valence-corrected chi connectivity index (χ3v) is 6.12. The topological polar surface area (TPSA) is 9.23 Å². The van der Waals surface area contributed by atoms with Crippen molar-refractivity contribution in [2.24, 2.45) is 0 Å². The van der Waals surface area contributed by atoms with E-state index in [1.807, 2.05) is 0 Å². The quantitative estimate of drug-likeness (QED) is 0.290. The summed E-state index contributed by atoms with van der Waals surface area (Å²) >= 11 is 0. The molecule has 0 spiro atoms. The predicted octanol–water partition coefficient (Wildman–Crippen LogP) is 9.63. The van der Waals surface area contributed by atoms with Crippen LogP contribution in [-0.4, -0.2) is 0 Å². The van der Waals surface area contributed by atoms with Crippen LogP contribution in [0.1, 0.15) is 115 Å². The van der Waals surface area contributed by atoms with Crippen LogP contribution in [0.4, 0.5) is 0 Å². The number of hydrogen-bond acceptors (Lipinski definition) is 1. The smallest absolute Gasteiger partial charge is 0.127 e. The first-order valence-electron chi connectivity index (χ1n) is 12.0. The maximum absolute atomic E-state index is 6.07. The second-order valence-corrected chi connectivity index (χ2v) is 8.74. The van der Waals surface area contributed by atoms with Gasteiger partial charge in [0.15, 0.2) is 0 Å². The normalized spacial score (nSPS) is 13.2. The molecule has 0 aliphatic heterocycles. The van der Waals surface area contributed by atoms with Crippen molar-refractivity contribution in [2.45, 2.75) is 104 Å². The molecule has 160 valence electrons. The first-order chi connectivity index (χ1) is 14.1. The summed E-state index contributed by atoms with van der Waals surface area (Å²) in [6, 6.07) is 17.4. The van der Waals surface area contributed by atoms with Gasteiger partial charge in [-0.3, -0.25) is 0 Å². The van der Waals surface area contributed by atoms with Crippen LogP contribution in [0.15, 0.2) is 48.5 Å². The Kier molecular flexibility index (Phi) is 10.9. The lowest BCUT2D eigenvalue weighted by atomic mass is 9.94. The molecule has 0 bridgehead atoms. The highest BCUT2D eigenvalue weighted by molar-refractivity contribution is 5.36. The van der Waals surface area contributed by atoms with Gasteiger partial charge in [0, 0.05) is 0 Å². The van der Waals surface area contributed by atoms with Crippen molar-refractivity contribution < 1.29 is 4.74 Å². The molecule has 29 heavy (non-hydrogen) atoms. The molecule has 2 unspecified atom stereocenters. The second kappa shape index (κ2) is 13.5. The average molecular weight is 395 g/mol. The van der Waals surface area contributed by atoms with Crippen LogP contribution in [0.3, 0.4) is 0 Å². The molecule has 0 saturated heterocycles. The van der Waals surface area contributed by atoms with E-state index in [0.717, 1.165) is 11.5 Å². The Hall–Kier alpha value is -1.76. The first kappa shape index (κ1) is 23.5. The van der Waals surface area contributed by atoms with Gasteiger partial charge in [-0.2, -0.15) is 0 Å². The number of unbranched alkanes of at least 4 members (excludes halogenated alkanes) is 6. The molecule has 1 heteroatoms. The Morgan fingerprint density at radius 1 is 0.552 bits per heavy atom. The van der Waals surface area contributed by atoms with Gasteiger partial charge in [0.25, 0.3) is 0 Å². The van der Waals surface area contributed by atoms with Gasteiger partial charge in [-0.1, -0.05) is 103 Å². The molecule has 0 fully saturated rings. The number of benzene rings is 2. The molecular weight excluding hydrogens is 352 g/mol. The standard InChI is InChI=1S/C28H42O/c1-5-7-9-11-13-23(3)25-15-19-27(20-16-25)29-28-21-17-26(18-22-28)24(4)14-12-10-8-6-2/h15-24H,5-14H2,1-4H3. The number of rotatable bonds is 14. The zero-order chi connectivity index (χ0) is 20.9. The lowest BCUT2D eigenvalue weighted by molar-refractivity contribution is 0.481. The Morgan fingerprint density at radius 3 is 1.28 bits per heavy atom. The molecule has 0 radical (unpaired) electrons. The van der Waals surface area contributed by atoms with E-state index in [1.54, 1.807) is 0 Å². The van der Waals surface area contributed by atoms with Gasteiger partial charge in [-0.05, 0) is 60.1 Å². The SMILES string of the molecule is CCCCCCC(C)c1ccc(Oc2ccc(C(C)CCCCCC)cc2)cc1. The van der Waals surface area contributed by atoms with E-state index in [1.165, 1.54) is 75.3 Å². The predicted molar refractivity (Wildman–Crippen MR) is 127 cm³/mol. The largest absolute Gasteiger partial charge is 0.457 e. The van der Waals surface area contributed by atoms with Crippen molar-refractivity contribution in [1.29, 1.82) is 0 Å². The van der Waals surface area contributed by atoms with Crippen LogP contribution in [0.2, 0.25) is 0 Å². The van der Waals surface area contributed by atoms with Crippen LogP contribution in [-0.2, 0) is 0 Å². The summed E-state index contributed by atoms with van der Waals surface area (Å²) < 4.78 is 6.07. The van der Waals surface area contributed by atoms with Crippen molar-refractivity contribution in [2.75, 3.05) is 0 Å². The van der Waals surface area contributed by atoms with E-state index in [0.29, 0.717) is 11.8 Å². The summed E-state index contributed by atoms with van der Waals surface area (Å²) in [6.07, 6.45) is 13.2. The average Bonchev–Trinajstić information content (AvgIpc) is 2.75. The fraction of sp³-hybridized carbons (Fsp3) is 0.571. The number of ether oxygens (including phenoxy) is 1. The second-order valence-electron chi connectivity index (χ2n) is 8.74. The van der Waals surface area contributed by atoms with Crippen LogP contribution >= 0.6 is 0 Å². The molecule has 0 N–H and O–H groups in total. The minimum atomic E-state index is 0.624. The molecule has 0 aliphatic carbocycles. The molecule has 2 aromatic carbocycles. The molecule has 0 aliphatic rings. The fourth-order valence-corrected chi connectivity index (χ4v) is 3.95. The van der Waals surface area contributed by atoms with Gasteiger partial charge < -0.3 is 4.74 Å². The van der Waals surface area contributed by atoms with E-state index in [4.69, 9.17) is 4.74 Å². The van der Waals surface area contributed by atoms with E-state index >= 15 is 0 Å². The van der Waals surface area contributed by atoms with Crippen LogP contribution in [0.5, 0.6) is 11.5 Å². The van der Waals surface area contributed by atoms with Crippen LogP contribution < -0.4 is 4.74 Å². The Bertz CT molecular complexity index is 596. The van der Waals surface area contributed by atoms with Gasteiger partial charge in [0.1, 0.15) is 11.5 Å². The van der Waals surface area contributed by atoms with E-state index in [9.17, 15) is 0 Å². The van der Waals surface area contributed by atoms with E-state index < -0.39 is 0 Å². The van der Waals surface area contributed by atoms with Gasteiger partial charge in [0.05, 0.1) is 0 Å². The maximum atomic E-state index is 6.07. The summed E-state index contributed by atoms with van der Waals surface area (Å²) in [5.74, 6) is 3.10. The van der Waals surface area contributed by atoms with Crippen molar-refractivity contribution in [3.05, 3.63) is 59.7 Å². The molecule has 2 atom stereocenters. The lowest BCUT2D eigenvalue weighted by Crippen LogP contribution is -1.95. The zero-order valence-corrected chi connectivity index (χ0v) is 19.3. The van der Waals surface area contributed by atoms with E-state index in [2.05, 4.69) is 76.2 Å². The Balaban J connectivity index is 1.82. The maximum Gasteiger partial charge on any atom is 0.127 e. The van der Waals surface area contributed by atoms with E-state index in [-0.39, 0.29) is 0 Å². The third kappa shape index (κ3) is 8.64. The molecule has 0 saturated carbocycles. The highest BCUT2D eigenvalue weighted by atomic mass is 16.5. The summed E-state index contributed by atoms with van der Waals surface area (Å²) in [7, 11) is 0. The first-order valence-corrected chi connectivity index (χ1v) is 12.0. The Labute approximate surface area is 179 Å². The molecule has 0 amide bonds. The highest BCUT2D eigenvalue weighted by Gasteiger charge is 2.08. The molecular formula is C28H42O. The lowest BCUT2D eigenvalue weighted by Gasteiger charge is -2.14. The summed E-state index contributed by atoms with van der Waals surface area (Å²) in [4.78, 5) is 0. The molecule has 0 heterocycles. The molecule has 1 nitrogen and oxygen atoms in total. The van der Waals surface area contributed by atoms with Crippen molar-refractivity contribution in [1.82, 2.24) is 0 Å². The monoisotopic (exact) mass is 394 g/mol. The van der Waals surface area contributed by atoms with Gasteiger partial charge in [-0.25, -0.2) is 0 Å². The third-order valence-electron chi connectivity index (χ3n) is 6.12. The summed E-state index contributed by atoms with van der Waals surface area (Å²) in [5, 5.41) is 0. The molecule has 2 rings (SSSR count). The summed E-state index contributed by atoms with van der Waals surface area (Å²) in [5.41, 5.74) is 2.84. The zero-order valence-electron chi connectivity index (χ0n) is 19.3.